The minimum atomic E-state index is 0.858. The summed E-state index contributed by atoms with van der Waals surface area (Å²) >= 11 is 1.63. The van der Waals surface area contributed by atoms with Gasteiger partial charge < -0.3 is 4.74 Å². The first-order chi connectivity index (χ1) is 9.36. The summed E-state index contributed by atoms with van der Waals surface area (Å²) in [5.74, 6) is 0.858. The van der Waals surface area contributed by atoms with Crippen LogP contribution >= 0.6 is 11.8 Å². The summed E-state index contributed by atoms with van der Waals surface area (Å²) in [7, 11) is 1.67. The summed E-state index contributed by atoms with van der Waals surface area (Å²) in [5, 5.41) is 2.04. The van der Waals surface area contributed by atoms with Gasteiger partial charge in [-0.1, -0.05) is 30.0 Å². The van der Waals surface area contributed by atoms with Crippen LogP contribution in [-0.4, -0.2) is 17.1 Å². The van der Waals surface area contributed by atoms with E-state index in [9.17, 15) is 0 Å². The lowest BCUT2D eigenvalue weighted by atomic mass is 10.2. The number of ether oxygens (including phenoxy) is 1. The first kappa shape index (κ1) is 12.0. The van der Waals surface area contributed by atoms with Crippen LogP contribution in [0.3, 0.4) is 0 Å². The van der Waals surface area contributed by atoms with Gasteiger partial charge in [0, 0.05) is 10.3 Å². The number of fused-ring (bicyclic) bond motifs is 1. The Hall–Kier alpha value is -2.07. The first-order valence-electron chi connectivity index (χ1n) is 5.88. The SMILES string of the molecule is COc1ccc(Sc2ncnc3ccccc23)cc1. The van der Waals surface area contributed by atoms with Crippen LogP contribution in [0.25, 0.3) is 10.9 Å². The lowest BCUT2D eigenvalue weighted by Gasteiger charge is -2.05. The third kappa shape index (κ3) is 2.53. The fourth-order valence-electron chi connectivity index (χ4n) is 1.82. The first-order valence-corrected chi connectivity index (χ1v) is 6.70. The maximum atomic E-state index is 5.15. The molecule has 94 valence electrons. The Morgan fingerprint density at radius 2 is 1.74 bits per heavy atom. The van der Waals surface area contributed by atoms with Crippen molar-refractivity contribution in [2.75, 3.05) is 7.11 Å². The number of hydrogen-bond donors (Lipinski definition) is 0. The average molecular weight is 268 g/mol. The molecule has 19 heavy (non-hydrogen) atoms. The average Bonchev–Trinajstić information content (AvgIpc) is 2.48. The molecule has 0 unspecified atom stereocenters. The van der Waals surface area contributed by atoms with Crippen LogP contribution < -0.4 is 4.74 Å². The van der Waals surface area contributed by atoms with Gasteiger partial charge in [-0.15, -0.1) is 0 Å². The molecule has 0 N–H and O–H groups in total. The quantitative estimate of drug-likeness (QED) is 0.677. The number of benzene rings is 2. The van der Waals surface area contributed by atoms with Crippen molar-refractivity contribution in [2.24, 2.45) is 0 Å². The molecule has 0 atom stereocenters. The molecule has 0 bridgehead atoms. The maximum Gasteiger partial charge on any atom is 0.118 e. The molecule has 0 aliphatic heterocycles. The number of rotatable bonds is 3. The van der Waals surface area contributed by atoms with E-state index in [1.54, 1.807) is 25.2 Å². The maximum absolute atomic E-state index is 5.15. The zero-order chi connectivity index (χ0) is 13.1. The number of aromatic nitrogens is 2. The van der Waals surface area contributed by atoms with Crippen LogP contribution in [0, 0.1) is 0 Å². The molecule has 0 aliphatic carbocycles. The topological polar surface area (TPSA) is 35.0 Å². The van der Waals surface area contributed by atoms with Crippen molar-refractivity contribution in [1.29, 1.82) is 0 Å². The van der Waals surface area contributed by atoms with Crippen LogP contribution in [0.5, 0.6) is 5.75 Å². The van der Waals surface area contributed by atoms with Crippen molar-refractivity contribution < 1.29 is 4.74 Å². The lowest BCUT2D eigenvalue weighted by molar-refractivity contribution is 0.414. The van der Waals surface area contributed by atoms with Gasteiger partial charge in [0.1, 0.15) is 17.1 Å². The van der Waals surface area contributed by atoms with Crippen molar-refractivity contribution >= 4 is 22.7 Å². The highest BCUT2D eigenvalue weighted by Gasteiger charge is 2.05. The molecule has 0 saturated heterocycles. The molecule has 1 heterocycles. The van der Waals surface area contributed by atoms with E-state index in [0.29, 0.717) is 0 Å². The molecule has 3 nitrogen and oxygen atoms in total. The summed E-state index contributed by atoms with van der Waals surface area (Å²) in [6.07, 6.45) is 1.61. The monoisotopic (exact) mass is 268 g/mol. The van der Waals surface area contributed by atoms with Gasteiger partial charge >= 0.3 is 0 Å². The van der Waals surface area contributed by atoms with E-state index in [0.717, 1.165) is 26.6 Å². The zero-order valence-electron chi connectivity index (χ0n) is 10.4. The van der Waals surface area contributed by atoms with Gasteiger partial charge in [0.25, 0.3) is 0 Å². The van der Waals surface area contributed by atoms with E-state index in [2.05, 4.69) is 9.97 Å². The van der Waals surface area contributed by atoms with Crippen molar-refractivity contribution in [1.82, 2.24) is 9.97 Å². The van der Waals surface area contributed by atoms with Crippen LogP contribution in [0.15, 0.2) is 64.8 Å². The zero-order valence-corrected chi connectivity index (χ0v) is 11.2. The summed E-state index contributed by atoms with van der Waals surface area (Å²) < 4.78 is 5.15. The highest BCUT2D eigenvalue weighted by atomic mass is 32.2. The van der Waals surface area contributed by atoms with E-state index in [1.807, 2.05) is 48.5 Å². The molecule has 2 aromatic carbocycles. The van der Waals surface area contributed by atoms with Crippen LogP contribution in [-0.2, 0) is 0 Å². The minimum absolute atomic E-state index is 0.858. The lowest BCUT2D eigenvalue weighted by Crippen LogP contribution is -1.86. The second kappa shape index (κ2) is 5.28. The molecule has 0 saturated carbocycles. The van der Waals surface area contributed by atoms with Crippen molar-refractivity contribution in [3.05, 3.63) is 54.9 Å². The van der Waals surface area contributed by atoms with Gasteiger partial charge in [0.05, 0.1) is 12.6 Å². The number of hydrogen-bond acceptors (Lipinski definition) is 4. The van der Waals surface area contributed by atoms with E-state index >= 15 is 0 Å². The van der Waals surface area contributed by atoms with Gasteiger partial charge in [-0.25, -0.2) is 9.97 Å². The van der Waals surface area contributed by atoms with E-state index in [4.69, 9.17) is 4.74 Å². The smallest absolute Gasteiger partial charge is 0.118 e. The molecular weight excluding hydrogens is 256 g/mol. The Labute approximate surface area is 115 Å². The fraction of sp³-hybridized carbons (Fsp3) is 0.0667. The van der Waals surface area contributed by atoms with Crippen LogP contribution in [0.2, 0.25) is 0 Å². The van der Waals surface area contributed by atoms with Gasteiger partial charge in [0.2, 0.25) is 0 Å². The third-order valence-corrected chi connectivity index (χ3v) is 3.81. The largest absolute Gasteiger partial charge is 0.497 e. The van der Waals surface area contributed by atoms with E-state index in [-0.39, 0.29) is 0 Å². The Bertz CT molecular complexity index is 693. The van der Waals surface area contributed by atoms with Gasteiger partial charge in [-0.2, -0.15) is 0 Å². The molecule has 3 rings (SSSR count). The fourth-order valence-corrected chi connectivity index (χ4v) is 2.69. The molecule has 0 fully saturated rings. The van der Waals surface area contributed by atoms with Crippen molar-refractivity contribution in [2.45, 2.75) is 9.92 Å². The molecule has 0 spiro atoms. The highest BCUT2D eigenvalue weighted by molar-refractivity contribution is 7.99. The molecule has 0 aliphatic rings. The Kier molecular flexibility index (Phi) is 3.33. The molecular formula is C15H12N2OS. The molecule has 0 amide bonds. The Balaban J connectivity index is 1.96. The summed E-state index contributed by atoms with van der Waals surface area (Å²) in [4.78, 5) is 9.76. The number of methoxy groups -OCH3 is 1. The highest BCUT2D eigenvalue weighted by Crippen LogP contribution is 2.31. The molecule has 3 aromatic rings. The standard InChI is InChI=1S/C15H12N2OS/c1-18-11-6-8-12(9-7-11)19-15-13-4-2-3-5-14(13)16-10-17-15/h2-10H,1H3. The van der Waals surface area contributed by atoms with Crippen molar-refractivity contribution in [3.8, 4) is 5.75 Å². The number of para-hydroxylation sites is 1. The third-order valence-electron chi connectivity index (χ3n) is 2.78. The summed E-state index contributed by atoms with van der Waals surface area (Å²) in [5.41, 5.74) is 0.966. The van der Waals surface area contributed by atoms with Gasteiger partial charge in [-0.3, -0.25) is 0 Å². The van der Waals surface area contributed by atoms with Crippen LogP contribution in [0.4, 0.5) is 0 Å². The van der Waals surface area contributed by atoms with Gasteiger partial charge in [0.15, 0.2) is 0 Å². The normalized spacial score (nSPS) is 10.6. The van der Waals surface area contributed by atoms with Gasteiger partial charge in [-0.05, 0) is 30.3 Å². The van der Waals surface area contributed by atoms with E-state index < -0.39 is 0 Å². The predicted octanol–water partition coefficient (Wildman–Crippen LogP) is 3.79. The Morgan fingerprint density at radius 1 is 0.947 bits per heavy atom. The molecule has 1 aromatic heterocycles. The van der Waals surface area contributed by atoms with E-state index in [1.165, 1.54) is 0 Å². The van der Waals surface area contributed by atoms with Crippen molar-refractivity contribution in [3.63, 3.8) is 0 Å². The second-order valence-corrected chi connectivity index (χ2v) is 5.04. The summed E-state index contributed by atoms with van der Waals surface area (Å²) in [6, 6.07) is 16.0. The predicted molar refractivity (Wildman–Crippen MR) is 76.7 cm³/mol. The Morgan fingerprint density at radius 3 is 2.53 bits per heavy atom. The molecule has 4 heteroatoms. The number of nitrogens with zero attached hydrogens (tertiary/aromatic N) is 2. The minimum Gasteiger partial charge on any atom is -0.497 e. The molecule has 0 radical (unpaired) electrons. The van der Waals surface area contributed by atoms with Crippen LogP contribution in [0.1, 0.15) is 0 Å². The summed E-state index contributed by atoms with van der Waals surface area (Å²) in [6.45, 7) is 0. The second-order valence-electron chi connectivity index (χ2n) is 3.97.